The molecule has 1 atom stereocenters. The highest BCUT2D eigenvalue weighted by Gasteiger charge is 2.35. The molecule has 1 heterocycles. The third-order valence-corrected chi connectivity index (χ3v) is 4.95. The second-order valence-corrected chi connectivity index (χ2v) is 7.49. The number of amides is 3. The van der Waals surface area contributed by atoms with Gasteiger partial charge < -0.3 is 26.4 Å². The number of benzene rings is 2. The van der Waals surface area contributed by atoms with Gasteiger partial charge in [0.1, 0.15) is 11.3 Å². The minimum atomic E-state index is -1.21. The largest absolute Gasteiger partial charge is 0.508 e. The van der Waals surface area contributed by atoms with Crippen molar-refractivity contribution in [1.82, 2.24) is 16.0 Å². The highest BCUT2D eigenvalue weighted by Crippen LogP contribution is 2.18. The summed E-state index contributed by atoms with van der Waals surface area (Å²) in [6.45, 7) is 2.38. The van der Waals surface area contributed by atoms with Crippen molar-refractivity contribution < 1.29 is 19.5 Å². The summed E-state index contributed by atoms with van der Waals surface area (Å²) in [5.74, 6) is -1.02. The Bertz CT molecular complexity index is 929. The van der Waals surface area contributed by atoms with Crippen molar-refractivity contribution in [2.45, 2.75) is 25.3 Å². The Labute approximate surface area is 175 Å². The molecule has 30 heavy (non-hydrogen) atoms. The Kier molecular flexibility index (Phi) is 6.56. The minimum absolute atomic E-state index is 0.124. The fourth-order valence-corrected chi connectivity index (χ4v) is 3.35. The van der Waals surface area contributed by atoms with Crippen LogP contribution in [0.2, 0.25) is 0 Å². The first-order chi connectivity index (χ1) is 14.4. The van der Waals surface area contributed by atoms with Crippen LogP contribution in [0, 0.1) is 0 Å². The van der Waals surface area contributed by atoms with Gasteiger partial charge in [0.25, 0.3) is 5.91 Å². The van der Waals surface area contributed by atoms with Crippen LogP contribution in [0.3, 0.4) is 0 Å². The van der Waals surface area contributed by atoms with E-state index in [2.05, 4.69) is 21.3 Å². The molecular weight excluding hydrogens is 384 g/mol. The number of anilines is 1. The number of nitrogens with one attached hydrogen (secondary N) is 4. The van der Waals surface area contributed by atoms with Crippen molar-refractivity contribution >= 4 is 23.4 Å². The molecule has 8 heteroatoms. The number of hydrogen-bond donors (Lipinski definition) is 5. The van der Waals surface area contributed by atoms with Gasteiger partial charge in [-0.1, -0.05) is 24.3 Å². The van der Waals surface area contributed by atoms with E-state index in [1.54, 1.807) is 37.3 Å². The molecule has 0 saturated carbocycles. The molecule has 0 bridgehead atoms. The van der Waals surface area contributed by atoms with Gasteiger partial charge >= 0.3 is 0 Å². The van der Waals surface area contributed by atoms with Crippen molar-refractivity contribution in [2.24, 2.45) is 0 Å². The Morgan fingerprint density at radius 2 is 1.63 bits per heavy atom. The number of aromatic hydroxyl groups is 1. The summed E-state index contributed by atoms with van der Waals surface area (Å²) < 4.78 is 0. The van der Waals surface area contributed by atoms with E-state index in [9.17, 15) is 19.5 Å². The maximum Gasteiger partial charge on any atom is 0.253 e. The summed E-state index contributed by atoms with van der Waals surface area (Å²) >= 11 is 0. The zero-order valence-electron chi connectivity index (χ0n) is 16.8. The van der Waals surface area contributed by atoms with Gasteiger partial charge in [0.05, 0.1) is 12.1 Å². The fraction of sp³-hybridized carbons (Fsp3) is 0.318. The average molecular weight is 410 g/mol. The lowest BCUT2D eigenvalue weighted by atomic mass is 9.91. The standard InChI is InChI=1S/C22H26N4O4/c1-22(13-15-7-9-16(27)10-8-15)21(30)24-12-4-11-23-18-6-3-2-5-17(18)20(29)25-14-19(28)26-22/h2-3,5-10,23,27H,4,11-14H2,1H3,(H,24,30)(H,25,29)(H,26,28). The first-order valence-corrected chi connectivity index (χ1v) is 9.86. The molecule has 5 N–H and O–H groups in total. The first kappa shape index (κ1) is 21.2. The van der Waals surface area contributed by atoms with E-state index in [0.717, 1.165) is 5.56 Å². The highest BCUT2D eigenvalue weighted by molar-refractivity contribution is 6.01. The van der Waals surface area contributed by atoms with Crippen LogP contribution < -0.4 is 21.3 Å². The molecule has 0 radical (unpaired) electrons. The molecule has 1 unspecified atom stereocenters. The third-order valence-electron chi connectivity index (χ3n) is 4.95. The summed E-state index contributed by atoms with van der Waals surface area (Å²) in [4.78, 5) is 38.0. The number of rotatable bonds is 2. The summed E-state index contributed by atoms with van der Waals surface area (Å²) in [7, 11) is 0. The summed E-state index contributed by atoms with van der Waals surface area (Å²) in [5, 5.41) is 20.9. The number of carbonyl (C=O) groups excluding carboxylic acids is 3. The molecule has 1 aliphatic rings. The number of carbonyl (C=O) groups is 3. The number of fused-ring (bicyclic) bond motifs is 1. The molecule has 2 aromatic carbocycles. The molecule has 0 aromatic heterocycles. The molecule has 1 aliphatic heterocycles. The predicted octanol–water partition coefficient (Wildman–Crippen LogP) is 1.17. The van der Waals surface area contributed by atoms with Crippen LogP contribution in [-0.4, -0.2) is 48.0 Å². The zero-order valence-corrected chi connectivity index (χ0v) is 16.8. The topological polar surface area (TPSA) is 120 Å². The zero-order chi connectivity index (χ0) is 21.6. The van der Waals surface area contributed by atoms with Crippen molar-refractivity contribution in [2.75, 3.05) is 25.0 Å². The van der Waals surface area contributed by atoms with Crippen molar-refractivity contribution in [3.8, 4) is 5.75 Å². The van der Waals surface area contributed by atoms with Crippen LogP contribution in [0.1, 0.15) is 29.3 Å². The first-order valence-electron chi connectivity index (χ1n) is 9.86. The summed E-state index contributed by atoms with van der Waals surface area (Å²) in [6.07, 6.45) is 0.880. The van der Waals surface area contributed by atoms with Gasteiger partial charge in [-0.2, -0.15) is 0 Å². The van der Waals surface area contributed by atoms with Crippen LogP contribution in [0.4, 0.5) is 5.69 Å². The Hall–Kier alpha value is -3.55. The molecule has 3 rings (SSSR count). The van der Waals surface area contributed by atoms with Crippen LogP contribution in [-0.2, 0) is 16.0 Å². The lowest BCUT2D eigenvalue weighted by molar-refractivity contribution is -0.132. The number of phenols is 1. The second kappa shape index (κ2) is 9.30. The summed E-state index contributed by atoms with van der Waals surface area (Å²) in [6, 6.07) is 13.5. The maximum absolute atomic E-state index is 12.9. The van der Waals surface area contributed by atoms with E-state index >= 15 is 0 Å². The van der Waals surface area contributed by atoms with Crippen molar-refractivity contribution in [1.29, 1.82) is 0 Å². The van der Waals surface area contributed by atoms with E-state index in [4.69, 9.17) is 0 Å². The van der Waals surface area contributed by atoms with Gasteiger partial charge in [-0.05, 0) is 43.2 Å². The molecule has 0 spiro atoms. The highest BCUT2D eigenvalue weighted by atomic mass is 16.3. The molecular formula is C22H26N4O4. The molecule has 0 aliphatic carbocycles. The predicted molar refractivity (Wildman–Crippen MR) is 113 cm³/mol. The van der Waals surface area contributed by atoms with E-state index in [0.29, 0.717) is 30.8 Å². The quantitative estimate of drug-likeness (QED) is 0.509. The number of hydrogen-bond acceptors (Lipinski definition) is 5. The van der Waals surface area contributed by atoms with Gasteiger partial charge in [0, 0.05) is 25.2 Å². The SMILES string of the molecule is CC1(Cc2ccc(O)cc2)NC(=O)CNC(=O)c2ccccc2NCCCNC1=O. The molecule has 8 nitrogen and oxygen atoms in total. The van der Waals surface area contributed by atoms with Crippen molar-refractivity contribution in [3.05, 3.63) is 59.7 Å². The molecule has 2 aromatic rings. The Morgan fingerprint density at radius 3 is 2.40 bits per heavy atom. The van der Waals surface area contributed by atoms with Crippen molar-refractivity contribution in [3.63, 3.8) is 0 Å². The lowest BCUT2D eigenvalue weighted by Crippen LogP contribution is -2.59. The normalized spacial score (nSPS) is 20.6. The summed E-state index contributed by atoms with van der Waals surface area (Å²) in [5.41, 5.74) is 0.703. The monoisotopic (exact) mass is 410 g/mol. The van der Waals surface area contributed by atoms with Gasteiger partial charge in [-0.15, -0.1) is 0 Å². The van der Waals surface area contributed by atoms with E-state index in [1.165, 1.54) is 12.1 Å². The smallest absolute Gasteiger partial charge is 0.253 e. The van der Waals surface area contributed by atoms with Gasteiger partial charge in [-0.3, -0.25) is 14.4 Å². The number of phenolic OH excluding ortho intramolecular Hbond substituents is 1. The van der Waals surface area contributed by atoms with Crippen LogP contribution in [0.15, 0.2) is 48.5 Å². The molecule has 158 valence electrons. The van der Waals surface area contributed by atoms with E-state index < -0.39 is 11.4 Å². The van der Waals surface area contributed by atoms with Crippen LogP contribution in [0.5, 0.6) is 5.75 Å². The van der Waals surface area contributed by atoms with Gasteiger partial charge in [0.15, 0.2) is 0 Å². The Morgan fingerprint density at radius 1 is 0.933 bits per heavy atom. The van der Waals surface area contributed by atoms with E-state index in [-0.39, 0.29) is 30.5 Å². The van der Waals surface area contributed by atoms with Crippen LogP contribution in [0.25, 0.3) is 0 Å². The minimum Gasteiger partial charge on any atom is -0.508 e. The lowest BCUT2D eigenvalue weighted by Gasteiger charge is -2.30. The average Bonchev–Trinajstić information content (AvgIpc) is 2.73. The molecule has 0 saturated heterocycles. The number of para-hydroxylation sites is 1. The van der Waals surface area contributed by atoms with Crippen LogP contribution >= 0.6 is 0 Å². The second-order valence-electron chi connectivity index (χ2n) is 7.49. The fourth-order valence-electron chi connectivity index (χ4n) is 3.35. The molecule has 3 amide bonds. The van der Waals surface area contributed by atoms with E-state index in [1.807, 2.05) is 6.07 Å². The third kappa shape index (κ3) is 5.28. The maximum atomic E-state index is 12.9. The van der Waals surface area contributed by atoms with Gasteiger partial charge in [-0.25, -0.2) is 0 Å². The Balaban J connectivity index is 1.79. The van der Waals surface area contributed by atoms with Gasteiger partial charge in [0.2, 0.25) is 11.8 Å². The molecule has 0 fully saturated rings.